The number of rotatable bonds is 2. The molecule has 0 saturated carbocycles. The number of benzene rings is 1. The topological polar surface area (TPSA) is 56.7 Å². The molecular weight excluding hydrogens is 357 g/mol. The predicted octanol–water partition coefficient (Wildman–Crippen LogP) is 4.93. The monoisotopic (exact) mass is 372 g/mol. The van der Waals surface area contributed by atoms with Crippen molar-refractivity contribution in [2.75, 3.05) is 0 Å². The fraction of sp³-hybridized carbons (Fsp3) is 0.211. The molecule has 3 heterocycles. The highest BCUT2D eigenvalue weighted by atomic mass is 19.4. The number of halogens is 3. The van der Waals surface area contributed by atoms with Crippen molar-refractivity contribution in [2.45, 2.75) is 20.0 Å². The molecule has 27 heavy (non-hydrogen) atoms. The summed E-state index contributed by atoms with van der Waals surface area (Å²) in [4.78, 5) is 8.67. The largest absolute Gasteiger partial charge is 0.416 e. The lowest BCUT2D eigenvalue weighted by atomic mass is 10.0. The average Bonchev–Trinajstić information content (AvgIpc) is 3.13. The fourth-order valence-corrected chi connectivity index (χ4v) is 3.23. The molecule has 138 valence electrons. The van der Waals surface area contributed by atoms with Crippen LogP contribution >= 0.6 is 0 Å². The lowest BCUT2D eigenvalue weighted by Gasteiger charge is -2.06. The van der Waals surface area contributed by atoms with Crippen molar-refractivity contribution in [3.05, 3.63) is 53.7 Å². The van der Waals surface area contributed by atoms with Gasteiger partial charge in [0, 0.05) is 36.1 Å². The molecule has 4 aromatic rings. The highest BCUT2D eigenvalue weighted by molar-refractivity contribution is 5.82. The molecule has 0 aliphatic rings. The zero-order valence-electron chi connectivity index (χ0n) is 14.8. The predicted molar refractivity (Wildman–Crippen MR) is 93.9 cm³/mol. The van der Waals surface area contributed by atoms with E-state index in [1.165, 1.54) is 6.07 Å². The van der Waals surface area contributed by atoms with Gasteiger partial charge in [0.25, 0.3) is 0 Å². The molecule has 0 aliphatic heterocycles. The van der Waals surface area contributed by atoms with E-state index in [9.17, 15) is 13.2 Å². The van der Waals surface area contributed by atoms with E-state index in [1.807, 2.05) is 19.9 Å². The van der Waals surface area contributed by atoms with Gasteiger partial charge in [0.05, 0.1) is 22.3 Å². The Kier molecular flexibility index (Phi) is 3.80. The first-order valence-corrected chi connectivity index (χ1v) is 8.18. The SMILES string of the molecule is Cc1noc(C)c1-c1cncc(-c2nc3cc(C(F)(F)F)ccc3n2C)c1. The van der Waals surface area contributed by atoms with Crippen molar-refractivity contribution in [1.82, 2.24) is 19.7 Å². The Morgan fingerprint density at radius 2 is 1.78 bits per heavy atom. The second kappa shape index (κ2) is 5.94. The van der Waals surface area contributed by atoms with Gasteiger partial charge < -0.3 is 9.09 Å². The molecule has 0 spiro atoms. The van der Waals surface area contributed by atoms with Gasteiger partial charge in [-0.25, -0.2) is 4.98 Å². The maximum Gasteiger partial charge on any atom is 0.416 e. The summed E-state index contributed by atoms with van der Waals surface area (Å²) in [6, 6.07) is 5.43. The Labute approximate surface area is 152 Å². The van der Waals surface area contributed by atoms with E-state index in [-0.39, 0.29) is 5.52 Å². The summed E-state index contributed by atoms with van der Waals surface area (Å²) >= 11 is 0. The van der Waals surface area contributed by atoms with Crippen molar-refractivity contribution >= 4 is 11.0 Å². The van der Waals surface area contributed by atoms with Gasteiger partial charge in [-0.3, -0.25) is 4.98 Å². The van der Waals surface area contributed by atoms with Gasteiger partial charge in [0.2, 0.25) is 0 Å². The van der Waals surface area contributed by atoms with Gasteiger partial charge in [-0.05, 0) is 38.1 Å². The van der Waals surface area contributed by atoms with Crippen molar-refractivity contribution < 1.29 is 17.7 Å². The van der Waals surface area contributed by atoms with E-state index >= 15 is 0 Å². The number of imidazole rings is 1. The zero-order valence-corrected chi connectivity index (χ0v) is 14.8. The summed E-state index contributed by atoms with van der Waals surface area (Å²) in [5, 5.41) is 3.95. The van der Waals surface area contributed by atoms with Crippen LogP contribution in [0.2, 0.25) is 0 Å². The summed E-state index contributed by atoms with van der Waals surface area (Å²) in [7, 11) is 1.76. The number of alkyl halides is 3. The number of aromatic nitrogens is 4. The first-order chi connectivity index (χ1) is 12.8. The Bertz CT molecular complexity index is 1140. The quantitative estimate of drug-likeness (QED) is 0.501. The third kappa shape index (κ3) is 2.87. The molecule has 0 N–H and O–H groups in total. The maximum absolute atomic E-state index is 13.0. The van der Waals surface area contributed by atoms with Crippen LogP contribution in [0, 0.1) is 13.8 Å². The first-order valence-electron chi connectivity index (χ1n) is 8.18. The van der Waals surface area contributed by atoms with Crippen LogP contribution in [-0.4, -0.2) is 19.7 Å². The standard InChI is InChI=1S/C19H15F3N4O/c1-10-17(11(2)27-25-10)12-6-13(9-23-8-12)18-24-15-7-14(19(20,21)22)4-5-16(15)26(18)3/h4-9H,1-3H3. The van der Waals surface area contributed by atoms with Crippen molar-refractivity contribution in [3.63, 3.8) is 0 Å². The van der Waals surface area contributed by atoms with Gasteiger partial charge >= 0.3 is 6.18 Å². The van der Waals surface area contributed by atoms with Gasteiger partial charge in [-0.1, -0.05) is 5.16 Å². The Balaban J connectivity index is 1.85. The molecule has 5 nitrogen and oxygen atoms in total. The molecule has 0 radical (unpaired) electrons. The van der Waals surface area contributed by atoms with Crippen LogP contribution in [0.1, 0.15) is 17.0 Å². The van der Waals surface area contributed by atoms with Gasteiger partial charge in [-0.2, -0.15) is 13.2 Å². The van der Waals surface area contributed by atoms with Crippen molar-refractivity contribution in [2.24, 2.45) is 7.05 Å². The molecular formula is C19H15F3N4O. The van der Waals surface area contributed by atoms with Crippen LogP contribution in [-0.2, 0) is 13.2 Å². The van der Waals surface area contributed by atoms with Crippen LogP contribution in [0.25, 0.3) is 33.5 Å². The average molecular weight is 372 g/mol. The molecule has 4 rings (SSSR count). The second-order valence-corrected chi connectivity index (χ2v) is 6.36. The van der Waals surface area contributed by atoms with Crippen LogP contribution in [0.4, 0.5) is 13.2 Å². The number of aryl methyl sites for hydroxylation is 3. The minimum atomic E-state index is -4.41. The van der Waals surface area contributed by atoms with Gasteiger partial charge in [0.1, 0.15) is 11.6 Å². The van der Waals surface area contributed by atoms with E-state index in [1.54, 1.807) is 24.0 Å². The highest BCUT2D eigenvalue weighted by Gasteiger charge is 2.31. The van der Waals surface area contributed by atoms with E-state index < -0.39 is 11.7 Å². The number of nitrogens with zero attached hydrogens (tertiary/aromatic N) is 4. The normalized spacial score (nSPS) is 12.1. The number of hydrogen-bond acceptors (Lipinski definition) is 4. The number of pyridine rings is 1. The molecule has 8 heteroatoms. The fourth-order valence-electron chi connectivity index (χ4n) is 3.23. The third-order valence-electron chi connectivity index (χ3n) is 4.53. The Hall–Kier alpha value is -3.16. The first kappa shape index (κ1) is 17.3. The summed E-state index contributed by atoms with van der Waals surface area (Å²) in [6.07, 6.45) is -1.08. The minimum absolute atomic E-state index is 0.282. The molecule has 3 aromatic heterocycles. The molecule has 1 aromatic carbocycles. The summed E-state index contributed by atoms with van der Waals surface area (Å²) in [6.45, 7) is 3.65. The molecule has 0 saturated heterocycles. The van der Waals surface area contributed by atoms with E-state index in [0.717, 1.165) is 29.0 Å². The molecule has 0 atom stereocenters. The molecule has 0 aliphatic carbocycles. The van der Waals surface area contributed by atoms with Crippen LogP contribution in [0.15, 0.2) is 41.2 Å². The zero-order chi connectivity index (χ0) is 19.3. The molecule has 0 fully saturated rings. The van der Waals surface area contributed by atoms with E-state index in [2.05, 4.69) is 15.1 Å². The number of hydrogen-bond donors (Lipinski definition) is 0. The minimum Gasteiger partial charge on any atom is -0.361 e. The van der Waals surface area contributed by atoms with Crippen LogP contribution in [0.3, 0.4) is 0 Å². The third-order valence-corrected chi connectivity index (χ3v) is 4.53. The van der Waals surface area contributed by atoms with Crippen LogP contribution in [0.5, 0.6) is 0 Å². The highest BCUT2D eigenvalue weighted by Crippen LogP contribution is 2.34. The second-order valence-electron chi connectivity index (χ2n) is 6.36. The Morgan fingerprint density at radius 1 is 1.04 bits per heavy atom. The van der Waals surface area contributed by atoms with Crippen molar-refractivity contribution in [1.29, 1.82) is 0 Å². The van der Waals surface area contributed by atoms with Crippen molar-refractivity contribution in [3.8, 4) is 22.5 Å². The summed E-state index contributed by atoms with van der Waals surface area (Å²) in [5.74, 6) is 1.21. The lowest BCUT2D eigenvalue weighted by molar-refractivity contribution is -0.137. The van der Waals surface area contributed by atoms with E-state index in [0.29, 0.717) is 22.7 Å². The Morgan fingerprint density at radius 3 is 2.44 bits per heavy atom. The summed E-state index contributed by atoms with van der Waals surface area (Å²) < 4.78 is 45.9. The smallest absolute Gasteiger partial charge is 0.361 e. The summed E-state index contributed by atoms with van der Waals surface area (Å²) in [5.41, 5.74) is 3.27. The lowest BCUT2D eigenvalue weighted by Crippen LogP contribution is -2.04. The maximum atomic E-state index is 13.0. The molecule has 0 bridgehead atoms. The van der Waals surface area contributed by atoms with Gasteiger partial charge in [-0.15, -0.1) is 0 Å². The molecule has 0 amide bonds. The van der Waals surface area contributed by atoms with Crippen LogP contribution < -0.4 is 0 Å². The molecule has 0 unspecified atom stereocenters. The number of fused-ring (bicyclic) bond motifs is 1. The van der Waals surface area contributed by atoms with E-state index in [4.69, 9.17) is 4.52 Å². The van der Waals surface area contributed by atoms with Gasteiger partial charge in [0.15, 0.2) is 0 Å².